The van der Waals surface area contributed by atoms with Gasteiger partial charge in [0, 0.05) is 31.7 Å². The van der Waals surface area contributed by atoms with Crippen molar-refractivity contribution >= 4 is 28.9 Å². The molecule has 2 aromatic rings. The van der Waals surface area contributed by atoms with Crippen LogP contribution in [0, 0.1) is 5.82 Å². The summed E-state index contributed by atoms with van der Waals surface area (Å²) in [6.45, 7) is 0.638. The molecule has 0 atom stereocenters. The Hall–Kier alpha value is -1.19. The summed E-state index contributed by atoms with van der Waals surface area (Å²) in [6, 6.07) is 5.04. The molecular weight excluding hydrogens is 262 g/mol. The maximum Gasteiger partial charge on any atom is 0.160 e. The van der Waals surface area contributed by atoms with Gasteiger partial charge < -0.3 is 9.88 Å². The van der Waals surface area contributed by atoms with Crippen molar-refractivity contribution in [3.8, 4) is 0 Å². The molecule has 1 aromatic heterocycles. The average Bonchev–Trinajstić information content (AvgIpc) is 2.69. The Balaban J connectivity index is 2.09. The van der Waals surface area contributed by atoms with Crippen LogP contribution in [0.25, 0.3) is 0 Å². The summed E-state index contributed by atoms with van der Waals surface area (Å²) in [5, 5.41) is 3.18. The van der Waals surface area contributed by atoms with Crippen LogP contribution >= 0.6 is 23.2 Å². The van der Waals surface area contributed by atoms with Crippen LogP contribution in [0.2, 0.25) is 10.0 Å². The molecule has 0 saturated carbocycles. The van der Waals surface area contributed by atoms with Gasteiger partial charge in [0.15, 0.2) is 5.82 Å². The van der Waals surface area contributed by atoms with Crippen molar-refractivity contribution in [3.63, 3.8) is 0 Å². The van der Waals surface area contributed by atoms with Crippen molar-refractivity contribution in [2.24, 2.45) is 7.05 Å². The molecule has 0 aliphatic heterocycles. The zero-order valence-electron chi connectivity index (χ0n) is 9.17. The van der Waals surface area contributed by atoms with Crippen molar-refractivity contribution in [3.05, 3.63) is 52.0 Å². The molecule has 0 radical (unpaired) electrons. The fourth-order valence-corrected chi connectivity index (χ4v) is 2.01. The molecular formula is C12H11Cl2FN2. The lowest BCUT2D eigenvalue weighted by Crippen LogP contribution is -1.99. The number of rotatable bonds is 3. The van der Waals surface area contributed by atoms with Crippen LogP contribution < -0.4 is 5.32 Å². The van der Waals surface area contributed by atoms with Crippen molar-refractivity contribution in [1.82, 2.24) is 4.57 Å². The molecule has 90 valence electrons. The third kappa shape index (κ3) is 2.93. The third-order valence-corrected chi connectivity index (χ3v) is 2.92. The number of nitrogens with zero attached hydrogens (tertiary/aromatic N) is 1. The lowest BCUT2D eigenvalue weighted by molar-refractivity contribution is 0.629. The van der Waals surface area contributed by atoms with Gasteiger partial charge in [0.2, 0.25) is 0 Å². The van der Waals surface area contributed by atoms with Gasteiger partial charge in [0.25, 0.3) is 0 Å². The average molecular weight is 273 g/mol. The molecule has 0 spiro atoms. The van der Waals surface area contributed by atoms with Gasteiger partial charge in [-0.15, -0.1) is 0 Å². The number of aromatic nitrogens is 1. The van der Waals surface area contributed by atoms with Gasteiger partial charge in [0.05, 0.1) is 10.0 Å². The number of hydrogen-bond donors (Lipinski definition) is 1. The molecule has 0 aliphatic rings. The number of aryl methyl sites for hydroxylation is 1. The highest BCUT2D eigenvalue weighted by Gasteiger charge is 2.07. The normalized spacial score (nSPS) is 10.6. The van der Waals surface area contributed by atoms with Crippen molar-refractivity contribution < 1.29 is 4.39 Å². The molecule has 2 rings (SSSR count). The molecule has 0 amide bonds. The highest BCUT2D eigenvalue weighted by atomic mass is 35.5. The SMILES string of the molecule is Cn1ccc(CNc2cc(Cl)c(F)c(Cl)c2)c1. The fourth-order valence-electron chi connectivity index (χ4n) is 1.53. The summed E-state index contributed by atoms with van der Waals surface area (Å²) in [7, 11) is 1.95. The Morgan fingerprint density at radius 3 is 2.47 bits per heavy atom. The van der Waals surface area contributed by atoms with E-state index in [1.165, 1.54) is 12.1 Å². The van der Waals surface area contributed by atoms with Gasteiger partial charge in [-0.2, -0.15) is 0 Å². The second kappa shape index (κ2) is 4.98. The van der Waals surface area contributed by atoms with E-state index in [-0.39, 0.29) is 10.0 Å². The Morgan fingerprint density at radius 2 is 1.94 bits per heavy atom. The van der Waals surface area contributed by atoms with Crippen LogP contribution in [-0.2, 0) is 13.6 Å². The molecule has 1 aromatic carbocycles. The van der Waals surface area contributed by atoms with Gasteiger partial charge in [-0.05, 0) is 23.8 Å². The quantitative estimate of drug-likeness (QED) is 0.834. The molecule has 2 nitrogen and oxygen atoms in total. The third-order valence-electron chi connectivity index (χ3n) is 2.37. The lowest BCUT2D eigenvalue weighted by Gasteiger charge is -2.07. The van der Waals surface area contributed by atoms with Gasteiger partial charge in [-0.1, -0.05) is 23.2 Å². The number of nitrogens with one attached hydrogen (secondary N) is 1. The topological polar surface area (TPSA) is 17.0 Å². The van der Waals surface area contributed by atoms with Crippen LogP contribution in [-0.4, -0.2) is 4.57 Å². The Bertz CT molecular complexity index is 514. The lowest BCUT2D eigenvalue weighted by atomic mass is 10.3. The van der Waals surface area contributed by atoms with Crippen molar-refractivity contribution in [2.75, 3.05) is 5.32 Å². The standard InChI is InChI=1S/C12H11Cl2FN2/c1-17-3-2-8(7-17)6-16-9-4-10(13)12(15)11(14)5-9/h2-5,7,16H,6H2,1H3. The molecule has 1 heterocycles. The first-order chi connectivity index (χ1) is 8.06. The summed E-state index contributed by atoms with van der Waals surface area (Å²) in [4.78, 5) is 0. The number of benzene rings is 1. The minimum Gasteiger partial charge on any atom is -0.381 e. The van der Waals surface area contributed by atoms with Crippen LogP contribution in [0.15, 0.2) is 30.6 Å². The Kier molecular flexibility index (Phi) is 3.60. The number of halogens is 3. The molecule has 1 N–H and O–H groups in total. The van der Waals surface area contributed by atoms with E-state index < -0.39 is 5.82 Å². The van der Waals surface area contributed by atoms with Gasteiger partial charge in [-0.3, -0.25) is 0 Å². The fraction of sp³-hybridized carbons (Fsp3) is 0.167. The summed E-state index contributed by atoms with van der Waals surface area (Å²) in [5.41, 5.74) is 1.83. The summed E-state index contributed by atoms with van der Waals surface area (Å²) < 4.78 is 15.1. The largest absolute Gasteiger partial charge is 0.381 e. The van der Waals surface area contributed by atoms with Crippen LogP contribution in [0.4, 0.5) is 10.1 Å². The van der Waals surface area contributed by atoms with E-state index in [0.717, 1.165) is 5.56 Å². The van der Waals surface area contributed by atoms with Crippen LogP contribution in [0.3, 0.4) is 0 Å². The van der Waals surface area contributed by atoms with Crippen LogP contribution in [0.1, 0.15) is 5.56 Å². The predicted octanol–water partition coefficient (Wildman–Crippen LogP) is 4.08. The molecule has 5 heteroatoms. The summed E-state index contributed by atoms with van der Waals surface area (Å²) >= 11 is 11.4. The molecule has 0 fully saturated rings. The second-order valence-corrected chi connectivity index (χ2v) is 4.61. The monoisotopic (exact) mass is 272 g/mol. The Morgan fingerprint density at radius 1 is 1.29 bits per heavy atom. The van der Waals surface area contributed by atoms with E-state index in [2.05, 4.69) is 5.32 Å². The van der Waals surface area contributed by atoms with Gasteiger partial charge in [0.1, 0.15) is 0 Å². The number of hydrogen-bond acceptors (Lipinski definition) is 1. The van der Waals surface area contributed by atoms with E-state index in [9.17, 15) is 4.39 Å². The highest BCUT2D eigenvalue weighted by Crippen LogP contribution is 2.27. The maximum absolute atomic E-state index is 13.2. The minimum absolute atomic E-state index is 0.0214. The first-order valence-corrected chi connectivity index (χ1v) is 5.81. The highest BCUT2D eigenvalue weighted by molar-refractivity contribution is 6.35. The molecule has 0 saturated heterocycles. The number of anilines is 1. The first-order valence-electron chi connectivity index (χ1n) is 5.05. The second-order valence-electron chi connectivity index (χ2n) is 3.79. The smallest absolute Gasteiger partial charge is 0.160 e. The molecule has 0 unspecified atom stereocenters. The van der Waals surface area contributed by atoms with Gasteiger partial charge in [-0.25, -0.2) is 4.39 Å². The minimum atomic E-state index is -0.585. The van der Waals surface area contributed by atoms with E-state index in [4.69, 9.17) is 23.2 Å². The van der Waals surface area contributed by atoms with E-state index in [0.29, 0.717) is 12.2 Å². The molecule has 0 aliphatic carbocycles. The van der Waals surface area contributed by atoms with Crippen molar-refractivity contribution in [1.29, 1.82) is 0 Å². The maximum atomic E-state index is 13.2. The first kappa shape index (κ1) is 12.3. The van der Waals surface area contributed by atoms with E-state index >= 15 is 0 Å². The van der Waals surface area contributed by atoms with Gasteiger partial charge >= 0.3 is 0 Å². The van der Waals surface area contributed by atoms with E-state index in [1.54, 1.807) is 0 Å². The zero-order valence-corrected chi connectivity index (χ0v) is 10.7. The van der Waals surface area contributed by atoms with Crippen molar-refractivity contribution in [2.45, 2.75) is 6.54 Å². The summed E-state index contributed by atoms with van der Waals surface area (Å²) in [6.07, 6.45) is 3.96. The Labute approximate surface area is 109 Å². The molecule has 0 bridgehead atoms. The zero-order chi connectivity index (χ0) is 12.4. The predicted molar refractivity (Wildman–Crippen MR) is 69.2 cm³/mol. The molecule has 17 heavy (non-hydrogen) atoms. The summed E-state index contributed by atoms with van der Waals surface area (Å²) in [5.74, 6) is -0.585. The van der Waals surface area contributed by atoms with E-state index in [1.807, 2.05) is 30.1 Å². The van der Waals surface area contributed by atoms with Crippen LogP contribution in [0.5, 0.6) is 0 Å².